The van der Waals surface area contributed by atoms with Crippen molar-refractivity contribution in [1.29, 1.82) is 0 Å². The molecule has 0 aromatic rings. The number of esters is 4. The first-order chi connectivity index (χ1) is 45.2. The van der Waals surface area contributed by atoms with Crippen LogP contribution in [0.3, 0.4) is 0 Å². The molecule has 0 amide bonds. The Labute approximate surface area is 575 Å². The molecule has 0 rings (SSSR count). The van der Waals surface area contributed by atoms with Crippen LogP contribution in [0, 0.1) is 23.7 Å². The van der Waals surface area contributed by atoms with Gasteiger partial charge in [0, 0.05) is 25.7 Å². The van der Waals surface area contributed by atoms with E-state index in [1.807, 2.05) is 0 Å². The second kappa shape index (κ2) is 64.4. The highest BCUT2D eigenvalue weighted by atomic mass is 31.2. The van der Waals surface area contributed by atoms with E-state index in [9.17, 15) is 43.2 Å². The van der Waals surface area contributed by atoms with Gasteiger partial charge in [0.15, 0.2) is 12.2 Å². The Morgan fingerprint density at radius 3 is 0.755 bits per heavy atom. The van der Waals surface area contributed by atoms with Gasteiger partial charge < -0.3 is 33.8 Å². The fourth-order valence-electron chi connectivity index (χ4n) is 11.3. The minimum absolute atomic E-state index is 0.105. The number of rotatable bonds is 72. The van der Waals surface area contributed by atoms with Crippen molar-refractivity contribution in [1.82, 2.24) is 0 Å². The average Bonchev–Trinajstić information content (AvgIpc) is 1.57. The molecule has 0 aromatic heterocycles. The largest absolute Gasteiger partial charge is 0.472 e. The summed E-state index contributed by atoms with van der Waals surface area (Å²) in [5, 5.41) is 10.6. The summed E-state index contributed by atoms with van der Waals surface area (Å²) in [7, 11) is -9.91. The Morgan fingerprint density at radius 2 is 0.511 bits per heavy atom. The highest BCUT2D eigenvalue weighted by molar-refractivity contribution is 7.47. The molecule has 0 aliphatic carbocycles. The summed E-state index contributed by atoms with van der Waals surface area (Å²) in [6, 6.07) is 0. The second-order valence-corrected chi connectivity index (χ2v) is 31.4. The van der Waals surface area contributed by atoms with E-state index in [2.05, 4.69) is 55.4 Å². The third-order valence-corrected chi connectivity index (χ3v) is 19.9. The standard InChI is InChI=1S/C75H146O17P2/c1-9-67(7)53-45-37-29-23-18-20-24-30-39-47-55-72(77)85-61-70(91-75(80)58-50-42-32-26-19-17-22-28-36-44-52-66(5)6)63-89-93(81,82)87-59-69(76)60-88-94(83,84)90-64-71(62-86-73(78)56-48-40-34-33-38-46-54-68(8)10-2)92-74(79)57-49-41-31-25-16-14-12-11-13-15-21-27-35-43-51-65(3)4/h65-71,76H,9-64H2,1-8H3,(H,81,82)(H,83,84)/t67?,68?,69-,70-,71-/m1/s1. The fourth-order valence-corrected chi connectivity index (χ4v) is 12.9. The predicted octanol–water partition coefficient (Wildman–Crippen LogP) is 21.7. The topological polar surface area (TPSA) is 237 Å². The van der Waals surface area contributed by atoms with Gasteiger partial charge in [0.25, 0.3) is 0 Å². The Morgan fingerprint density at radius 1 is 0.298 bits per heavy atom. The highest BCUT2D eigenvalue weighted by Crippen LogP contribution is 2.45. The monoisotopic (exact) mass is 1380 g/mol. The van der Waals surface area contributed by atoms with Gasteiger partial charge in [0.05, 0.1) is 26.4 Å². The van der Waals surface area contributed by atoms with Gasteiger partial charge in [-0.25, -0.2) is 9.13 Å². The molecule has 0 saturated carbocycles. The summed E-state index contributed by atoms with van der Waals surface area (Å²) >= 11 is 0. The molecule has 94 heavy (non-hydrogen) atoms. The van der Waals surface area contributed by atoms with Crippen LogP contribution < -0.4 is 0 Å². The van der Waals surface area contributed by atoms with Gasteiger partial charge in [0.1, 0.15) is 19.3 Å². The van der Waals surface area contributed by atoms with Crippen molar-refractivity contribution in [2.75, 3.05) is 39.6 Å². The van der Waals surface area contributed by atoms with Crippen molar-refractivity contribution in [3.05, 3.63) is 0 Å². The summed E-state index contributed by atoms with van der Waals surface area (Å²) in [5.74, 6) is 0.965. The number of aliphatic hydroxyl groups excluding tert-OH is 1. The van der Waals surface area contributed by atoms with Crippen LogP contribution in [0.15, 0.2) is 0 Å². The molecule has 558 valence electrons. The maximum Gasteiger partial charge on any atom is 0.472 e. The first kappa shape index (κ1) is 92.1. The number of hydrogen-bond acceptors (Lipinski definition) is 15. The van der Waals surface area contributed by atoms with Crippen LogP contribution in [0.4, 0.5) is 0 Å². The third kappa shape index (κ3) is 66.0. The number of hydrogen-bond donors (Lipinski definition) is 3. The number of phosphoric ester groups is 2. The van der Waals surface area contributed by atoms with Gasteiger partial charge in [-0.15, -0.1) is 0 Å². The summed E-state index contributed by atoms with van der Waals surface area (Å²) < 4.78 is 68.5. The molecule has 0 aliphatic heterocycles. The summed E-state index contributed by atoms with van der Waals surface area (Å²) in [5.41, 5.74) is 0. The molecule has 0 spiro atoms. The molecule has 0 aliphatic rings. The van der Waals surface area contributed by atoms with Crippen LogP contribution >= 0.6 is 15.6 Å². The lowest BCUT2D eigenvalue weighted by Crippen LogP contribution is -2.30. The van der Waals surface area contributed by atoms with Crippen molar-refractivity contribution < 1.29 is 80.2 Å². The number of aliphatic hydroxyl groups is 1. The Balaban J connectivity index is 5.25. The average molecular weight is 1380 g/mol. The van der Waals surface area contributed by atoms with E-state index in [1.165, 1.54) is 173 Å². The predicted molar refractivity (Wildman–Crippen MR) is 381 cm³/mol. The first-order valence-electron chi connectivity index (χ1n) is 38.8. The summed E-state index contributed by atoms with van der Waals surface area (Å²) in [6.07, 6.45) is 48.5. The molecule has 19 heteroatoms. The Bertz CT molecular complexity index is 1850. The molecule has 17 nitrogen and oxygen atoms in total. The summed E-state index contributed by atoms with van der Waals surface area (Å²) in [6.45, 7) is 14.2. The molecule has 0 saturated heterocycles. The van der Waals surface area contributed by atoms with Crippen LogP contribution in [0.1, 0.15) is 376 Å². The van der Waals surface area contributed by atoms with E-state index >= 15 is 0 Å². The molecule has 0 radical (unpaired) electrons. The van der Waals surface area contributed by atoms with Crippen molar-refractivity contribution >= 4 is 39.5 Å². The lowest BCUT2D eigenvalue weighted by molar-refractivity contribution is -0.161. The van der Waals surface area contributed by atoms with E-state index in [0.29, 0.717) is 25.7 Å². The third-order valence-electron chi connectivity index (χ3n) is 18.0. The van der Waals surface area contributed by atoms with Gasteiger partial charge in [0.2, 0.25) is 0 Å². The molecular weight excluding hydrogens is 1230 g/mol. The number of phosphoric acid groups is 2. The van der Waals surface area contributed by atoms with Crippen LogP contribution in [-0.2, 0) is 65.4 Å². The van der Waals surface area contributed by atoms with Gasteiger partial charge >= 0.3 is 39.5 Å². The van der Waals surface area contributed by atoms with Gasteiger partial charge in [-0.1, -0.05) is 325 Å². The number of ether oxygens (including phenoxy) is 4. The molecule has 4 unspecified atom stereocenters. The van der Waals surface area contributed by atoms with Crippen molar-refractivity contribution in [3.63, 3.8) is 0 Å². The SMILES string of the molecule is CCC(C)CCCCCCCCCCCCC(=O)OC[C@H](COP(=O)(O)OC[C@@H](O)COP(=O)(O)OC[C@@H](COC(=O)CCCCCCCCC(C)CC)OC(=O)CCCCCCCCCCCCCCCCC(C)C)OC(=O)CCCCCCCCCCCCC(C)C. The number of carbonyl (C=O) groups excluding carboxylic acids is 4. The zero-order valence-corrected chi connectivity index (χ0v) is 63.4. The van der Waals surface area contributed by atoms with Crippen LogP contribution in [0.5, 0.6) is 0 Å². The maximum absolute atomic E-state index is 13.1. The van der Waals surface area contributed by atoms with E-state index in [4.69, 9.17) is 37.0 Å². The number of unbranched alkanes of at least 4 members (excludes halogenated alkanes) is 36. The van der Waals surface area contributed by atoms with E-state index in [1.54, 1.807) is 0 Å². The maximum atomic E-state index is 13.1. The molecule has 7 atom stereocenters. The van der Waals surface area contributed by atoms with E-state index < -0.39 is 97.5 Å². The minimum Gasteiger partial charge on any atom is -0.462 e. The van der Waals surface area contributed by atoms with Crippen LogP contribution in [0.25, 0.3) is 0 Å². The fraction of sp³-hybridized carbons (Fsp3) is 0.947. The second-order valence-electron chi connectivity index (χ2n) is 28.5. The normalized spacial score (nSPS) is 14.7. The lowest BCUT2D eigenvalue weighted by atomic mass is 9.99. The highest BCUT2D eigenvalue weighted by Gasteiger charge is 2.30. The van der Waals surface area contributed by atoms with Crippen molar-refractivity contribution in [2.45, 2.75) is 395 Å². The molecule has 0 fully saturated rings. The van der Waals surface area contributed by atoms with Crippen LogP contribution in [-0.4, -0.2) is 96.7 Å². The Kier molecular flexibility index (Phi) is 63.1. The smallest absolute Gasteiger partial charge is 0.462 e. The zero-order chi connectivity index (χ0) is 69.6. The van der Waals surface area contributed by atoms with E-state index in [-0.39, 0.29) is 25.7 Å². The van der Waals surface area contributed by atoms with Crippen LogP contribution in [0.2, 0.25) is 0 Å². The Hall–Kier alpha value is -1.94. The molecular formula is C75H146O17P2. The van der Waals surface area contributed by atoms with Gasteiger partial charge in [-0.2, -0.15) is 0 Å². The van der Waals surface area contributed by atoms with Crippen molar-refractivity contribution in [2.24, 2.45) is 23.7 Å². The first-order valence-corrected chi connectivity index (χ1v) is 41.8. The molecule has 0 bridgehead atoms. The number of carbonyl (C=O) groups is 4. The van der Waals surface area contributed by atoms with Gasteiger partial charge in [-0.3, -0.25) is 37.3 Å². The molecule has 0 heterocycles. The van der Waals surface area contributed by atoms with Gasteiger partial charge in [-0.05, 0) is 49.4 Å². The quantitative estimate of drug-likeness (QED) is 0.0222. The minimum atomic E-state index is -4.96. The van der Waals surface area contributed by atoms with E-state index in [0.717, 1.165) is 120 Å². The summed E-state index contributed by atoms with van der Waals surface area (Å²) in [4.78, 5) is 72.8. The molecule has 0 aromatic carbocycles. The van der Waals surface area contributed by atoms with Crippen molar-refractivity contribution in [3.8, 4) is 0 Å². The zero-order valence-electron chi connectivity index (χ0n) is 61.6. The lowest BCUT2D eigenvalue weighted by Gasteiger charge is -2.21. The molecule has 3 N–H and O–H groups in total.